The van der Waals surface area contributed by atoms with E-state index in [1.165, 1.54) is 69.8 Å². The van der Waals surface area contributed by atoms with Crippen LogP contribution in [0.3, 0.4) is 0 Å². The number of hydrogen-bond donors (Lipinski definition) is 0. The molecule has 0 radical (unpaired) electrons. The average Bonchev–Trinajstić information content (AvgIpc) is 2.60. The molecule has 0 heteroatoms. The Kier molecular flexibility index (Phi) is 8.21. The van der Waals surface area contributed by atoms with Crippen LogP contribution in [-0.4, -0.2) is 0 Å². The Morgan fingerprint density at radius 1 is 1.04 bits per heavy atom. The lowest BCUT2D eigenvalue weighted by Crippen LogP contribution is -2.13. The number of allylic oxidation sites excluding steroid dienone is 3. The largest absolute Gasteiger partial charge is 0.0991 e. The fourth-order valence-electron chi connectivity index (χ4n) is 3.84. The first-order valence-electron chi connectivity index (χ1n) is 9.70. The van der Waals surface area contributed by atoms with Gasteiger partial charge in [-0.3, -0.25) is 0 Å². The molecule has 0 saturated heterocycles. The van der Waals surface area contributed by atoms with Gasteiger partial charge in [0.2, 0.25) is 0 Å². The first-order chi connectivity index (χ1) is 11.3. The standard InChI is InChI=1S/C23H34/c1-3-5-7-9-11-21-14-18-23(19-15-21)22-16-12-20(13-17-22)10-8-6-4-2/h3,5,7,12-13,16-17,21,23H,1,4,6,8-11,14-15,18-19H2,2H3/b7-5+. The van der Waals surface area contributed by atoms with Gasteiger partial charge in [-0.2, -0.15) is 0 Å². The van der Waals surface area contributed by atoms with E-state index in [1.54, 1.807) is 5.56 Å². The molecule has 1 aromatic rings. The van der Waals surface area contributed by atoms with Crippen molar-refractivity contribution in [3.8, 4) is 0 Å². The molecule has 1 aromatic carbocycles. The van der Waals surface area contributed by atoms with E-state index in [2.05, 4.69) is 49.9 Å². The van der Waals surface area contributed by atoms with Crippen LogP contribution >= 0.6 is 0 Å². The average molecular weight is 311 g/mol. The van der Waals surface area contributed by atoms with Gasteiger partial charge in [0.25, 0.3) is 0 Å². The van der Waals surface area contributed by atoms with Crippen LogP contribution < -0.4 is 0 Å². The Balaban J connectivity index is 1.74. The molecule has 0 amide bonds. The van der Waals surface area contributed by atoms with Crippen LogP contribution in [0.1, 0.15) is 81.8 Å². The minimum atomic E-state index is 0.805. The first kappa shape index (κ1) is 18.0. The number of aryl methyl sites for hydroxylation is 1. The van der Waals surface area contributed by atoms with Gasteiger partial charge in [0.1, 0.15) is 0 Å². The van der Waals surface area contributed by atoms with E-state index in [4.69, 9.17) is 0 Å². The van der Waals surface area contributed by atoms with E-state index in [0.29, 0.717) is 0 Å². The maximum atomic E-state index is 3.73. The second-order valence-electron chi connectivity index (χ2n) is 7.16. The summed E-state index contributed by atoms with van der Waals surface area (Å²) in [6, 6.07) is 9.55. The zero-order valence-electron chi connectivity index (χ0n) is 15.0. The lowest BCUT2D eigenvalue weighted by molar-refractivity contribution is 0.312. The van der Waals surface area contributed by atoms with Gasteiger partial charge in [0.05, 0.1) is 0 Å². The zero-order valence-corrected chi connectivity index (χ0v) is 15.0. The van der Waals surface area contributed by atoms with Gasteiger partial charge in [-0.1, -0.05) is 68.8 Å². The summed E-state index contributed by atoms with van der Waals surface area (Å²) < 4.78 is 0. The van der Waals surface area contributed by atoms with Gasteiger partial charge in [0.15, 0.2) is 0 Å². The third-order valence-corrected chi connectivity index (χ3v) is 5.38. The molecule has 0 spiro atoms. The van der Waals surface area contributed by atoms with Gasteiger partial charge in [-0.15, -0.1) is 0 Å². The van der Waals surface area contributed by atoms with Crippen LogP contribution in [0.2, 0.25) is 0 Å². The van der Waals surface area contributed by atoms with Gasteiger partial charge in [-0.25, -0.2) is 0 Å². The Hall–Kier alpha value is -1.30. The molecule has 1 fully saturated rings. The smallest absolute Gasteiger partial charge is 0.0162 e. The molecule has 0 unspecified atom stereocenters. The molecule has 0 heterocycles. The van der Waals surface area contributed by atoms with Crippen molar-refractivity contribution in [1.29, 1.82) is 0 Å². The second kappa shape index (κ2) is 10.5. The summed E-state index contributed by atoms with van der Waals surface area (Å²) in [4.78, 5) is 0. The third-order valence-electron chi connectivity index (χ3n) is 5.38. The summed E-state index contributed by atoms with van der Waals surface area (Å²) in [6.45, 7) is 6.00. The Morgan fingerprint density at radius 3 is 2.43 bits per heavy atom. The monoisotopic (exact) mass is 310 g/mol. The number of hydrogen-bond acceptors (Lipinski definition) is 0. The van der Waals surface area contributed by atoms with Gasteiger partial charge >= 0.3 is 0 Å². The van der Waals surface area contributed by atoms with E-state index in [1.807, 2.05) is 6.08 Å². The van der Waals surface area contributed by atoms with Crippen molar-refractivity contribution < 1.29 is 0 Å². The van der Waals surface area contributed by atoms with Crippen molar-refractivity contribution >= 4 is 0 Å². The molecule has 1 saturated carbocycles. The SMILES string of the molecule is C=C/C=C/CCC1CCC(c2ccc(CCCCC)cc2)CC1. The Bertz CT molecular complexity index is 457. The lowest BCUT2D eigenvalue weighted by atomic mass is 9.77. The van der Waals surface area contributed by atoms with Gasteiger partial charge in [-0.05, 0) is 74.3 Å². The fourth-order valence-corrected chi connectivity index (χ4v) is 3.84. The van der Waals surface area contributed by atoms with E-state index in [9.17, 15) is 0 Å². The van der Waals surface area contributed by atoms with Crippen molar-refractivity contribution in [1.82, 2.24) is 0 Å². The molecular weight excluding hydrogens is 276 g/mol. The molecule has 1 aliphatic rings. The third kappa shape index (κ3) is 6.37. The molecular formula is C23H34. The van der Waals surface area contributed by atoms with Crippen molar-refractivity contribution in [2.45, 2.75) is 77.0 Å². The highest BCUT2D eigenvalue weighted by Crippen LogP contribution is 2.37. The highest BCUT2D eigenvalue weighted by molar-refractivity contribution is 5.26. The summed E-state index contributed by atoms with van der Waals surface area (Å²) in [5, 5.41) is 0. The van der Waals surface area contributed by atoms with Crippen molar-refractivity contribution in [2.24, 2.45) is 5.92 Å². The summed E-state index contributed by atoms with van der Waals surface area (Å²) in [7, 11) is 0. The minimum absolute atomic E-state index is 0.805. The highest BCUT2D eigenvalue weighted by Gasteiger charge is 2.21. The molecule has 0 bridgehead atoms. The van der Waals surface area contributed by atoms with E-state index >= 15 is 0 Å². The fraction of sp³-hybridized carbons (Fsp3) is 0.565. The lowest BCUT2D eigenvalue weighted by Gasteiger charge is -2.28. The Morgan fingerprint density at radius 2 is 1.78 bits per heavy atom. The second-order valence-corrected chi connectivity index (χ2v) is 7.16. The van der Waals surface area contributed by atoms with Crippen LogP contribution in [0.15, 0.2) is 49.1 Å². The Labute approximate surface area is 143 Å². The number of benzene rings is 1. The normalized spacial score (nSPS) is 21.6. The molecule has 0 aromatic heterocycles. The van der Waals surface area contributed by atoms with Crippen molar-refractivity contribution in [2.75, 3.05) is 0 Å². The maximum Gasteiger partial charge on any atom is -0.0162 e. The summed E-state index contributed by atoms with van der Waals surface area (Å²) in [5.41, 5.74) is 3.10. The quantitative estimate of drug-likeness (QED) is 0.334. The molecule has 1 aliphatic carbocycles. The topological polar surface area (TPSA) is 0 Å². The molecule has 0 nitrogen and oxygen atoms in total. The zero-order chi connectivity index (χ0) is 16.3. The van der Waals surface area contributed by atoms with E-state index < -0.39 is 0 Å². The minimum Gasteiger partial charge on any atom is -0.0991 e. The molecule has 0 atom stereocenters. The first-order valence-corrected chi connectivity index (χ1v) is 9.70. The molecule has 0 aliphatic heterocycles. The predicted molar refractivity (Wildman–Crippen MR) is 103 cm³/mol. The molecule has 0 N–H and O–H groups in total. The van der Waals surface area contributed by atoms with Gasteiger partial charge in [0, 0.05) is 0 Å². The number of rotatable bonds is 9. The van der Waals surface area contributed by atoms with Crippen LogP contribution in [0.4, 0.5) is 0 Å². The van der Waals surface area contributed by atoms with Crippen LogP contribution in [-0.2, 0) is 6.42 Å². The number of unbranched alkanes of at least 4 members (excludes halogenated alkanes) is 2. The van der Waals surface area contributed by atoms with Crippen LogP contribution in [0, 0.1) is 5.92 Å². The summed E-state index contributed by atoms with van der Waals surface area (Å²) >= 11 is 0. The van der Waals surface area contributed by atoms with Gasteiger partial charge < -0.3 is 0 Å². The van der Waals surface area contributed by atoms with E-state index in [-0.39, 0.29) is 0 Å². The maximum absolute atomic E-state index is 3.73. The predicted octanol–water partition coefficient (Wildman–Crippen LogP) is 7.22. The highest BCUT2D eigenvalue weighted by atomic mass is 14.3. The van der Waals surface area contributed by atoms with Crippen LogP contribution in [0.25, 0.3) is 0 Å². The molecule has 126 valence electrons. The summed E-state index contributed by atoms with van der Waals surface area (Å²) in [5.74, 6) is 1.74. The van der Waals surface area contributed by atoms with Crippen molar-refractivity contribution in [3.05, 3.63) is 60.2 Å². The van der Waals surface area contributed by atoms with E-state index in [0.717, 1.165) is 11.8 Å². The van der Waals surface area contributed by atoms with Crippen molar-refractivity contribution in [3.63, 3.8) is 0 Å². The summed E-state index contributed by atoms with van der Waals surface area (Å²) in [6.07, 6.45) is 19.6. The van der Waals surface area contributed by atoms with Crippen LogP contribution in [0.5, 0.6) is 0 Å². The molecule has 23 heavy (non-hydrogen) atoms. The molecule has 2 rings (SSSR count).